The highest BCUT2D eigenvalue weighted by molar-refractivity contribution is 6.10. The van der Waals surface area contributed by atoms with Gasteiger partial charge in [0.25, 0.3) is 5.91 Å². The topological polar surface area (TPSA) is 114 Å². The molecule has 3 rings (SSSR count). The summed E-state index contributed by atoms with van der Waals surface area (Å²) in [6, 6.07) is 6.15. The summed E-state index contributed by atoms with van der Waals surface area (Å²) in [6.45, 7) is 3.30. The summed E-state index contributed by atoms with van der Waals surface area (Å²) < 4.78 is 5.57. The first-order valence-corrected chi connectivity index (χ1v) is 8.95. The van der Waals surface area contributed by atoms with Crippen LogP contribution in [0.4, 0.5) is 10.5 Å². The lowest BCUT2D eigenvalue weighted by Crippen LogP contribution is -2.46. The second-order valence-electron chi connectivity index (χ2n) is 6.33. The minimum Gasteiger partial charge on any atom is -0.437 e. The van der Waals surface area contributed by atoms with Crippen LogP contribution in [0.3, 0.4) is 0 Å². The van der Waals surface area contributed by atoms with Crippen LogP contribution in [0.15, 0.2) is 42.9 Å². The van der Waals surface area contributed by atoms with Crippen LogP contribution in [0.1, 0.15) is 26.7 Å². The summed E-state index contributed by atoms with van der Waals surface area (Å²) in [6.07, 6.45) is 5.44. The Balaban J connectivity index is 1.65. The lowest BCUT2D eigenvalue weighted by atomic mass is 9.93. The van der Waals surface area contributed by atoms with Crippen LogP contribution in [0.2, 0.25) is 0 Å². The van der Waals surface area contributed by atoms with Gasteiger partial charge in [0.1, 0.15) is 17.8 Å². The first kappa shape index (κ1) is 19.3. The maximum absolute atomic E-state index is 12.6. The molecule has 0 atom stereocenters. The number of amides is 4. The van der Waals surface area contributed by atoms with Gasteiger partial charge in [-0.2, -0.15) is 0 Å². The minimum atomic E-state index is -0.929. The monoisotopic (exact) mass is 383 g/mol. The molecular weight excluding hydrogens is 362 g/mol. The average Bonchev–Trinajstić information content (AvgIpc) is 2.93. The van der Waals surface area contributed by atoms with Gasteiger partial charge >= 0.3 is 6.03 Å². The number of nitrogens with one attached hydrogen (secondary N) is 2. The number of carbonyl (C=O) groups is 3. The van der Waals surface area contributed by atoms with Gasteiger partial charge in [-0.05, 0) is 25.0 Å². The molecule has 0 spiro atoms. The number of anilines is 1. The lowest BCUT2D eigenvalue weighted by Gasteiger charge is -2.23. The van der Waals surface area contributed by atoms with E-state index in [0.29, 0.717) is 30.2 Å². The van der Waals surface area contributed by atoms with Crippen LogP contribution in [0.5, 0.6) is 11.6 Å². The van der Waals surface area contributed by atoms with E-state index in [2.05, 4.69) is 20.6 Å². The average molecular weight is 383 g/mol. The van der Waals surface area contributed by atoms with Crippen molar-refractivity contribution in [3.63, 3.8) is 0 Å². The molecule has 0 radical (unpaired) electrons. The van der Waals surface area contributed by atoms with E-state index in [9.17, 15) is 14.4 Å². The van der Waals surface area contributed by atoms with Crippen LogP contribution >= 0.6 is 0 Å². The van der Waals surface area contributed by atoms with Gasteiger partial charge in [-0.3, -0.25) is 19.5 Å². The van der Waals surface area contributed by atoms with E-state index < -0.39 is 17.5 Å². The van der Waals surface area contributed by atoms with Gasteiger partial charge in [0.15, 0.2) is 0 Å². The van der Waals surface area contributed by atoms with Crippen LogP contribution in [0, 0.1) is 0 Å². The van der Waals surface area contributed by atoms with E-state index in [4.69, 9.17) is 4.74 Å². The quantitative estimate of drug-likeness (QED) is 0.710. The predicted octanol–water partition coefficient (Wildman–Crippen LogP) is 2.32. The Morgan fingerprint density at radius 3 is 2.68 bits per heavy atom. The molecule has 2 N–H and O–H groups in total. The molecular formula is C19H21N5O4. The number of nitrogens with zero attached hydrogens (tertiary/aromatic N) is 3. The molecule has 0 aliphatic carbocycles. The Kier molecular flexibility index (Phi) is 5.53. The van der Waals surface area contributed by atoms with Crippen molar-refractivity contribution >= 4 is 23.5 Å². The number of imide groups is 1. The third-order valence-electron chi connectivity index (χ3n) is 4.63. The van der Waals surface area contributed by atoms with Gasteiger partial charge in [-0.15, -0.1) is 0 Å². The molecule has 1 aliphatic heterocycles. The van der Waals surface area contributed by atoms with Crippen molar-refractivity contribution in [2.24, 2.45) is 0 Å². The van der Waals surface area contributed by atoms with Gasteiger partial charge < -0.3 is 15.4 Å². The van der Waals surface area contributed by atoms with E-state index in [1.807, 2.05) is 13.8 Å². The third kappa shape index (κ3) is 3.93. The number of carbonyl (C=O) groups excluding carboxylic acids is 3. The largest absolute Gasteiger partial charge is 0.437 e. The molecule has 9 heteroatoms. The molecule has 1 fully saturated rings. The van der Waals surface area contributed by atoms with Gasteiger partial charge in [-0.1, -0.05) is 19.9 Å². The predicted molar refractivity (Wildman–Crippen MR) is 101 cm³/mol. The zero-order chi connectivity index (χ0) is 20.1. The number of hydrogen-bond acceptors (Lipinski definition) is 6. The van der Waals surface area contributed by atoms with E-state index in [0.717, 1.165) is 4.90 Å². The maximum Gasteiger partial charge on any atom is 0.325 e. The van der Waals surface area contributed by atoms with Crippen molar-refractivity contribution in [1.82, 2.24) is 20.2 Å². The first-order chi connectivity index (χ1) is 13.5. The summed E-state index contributed by atoms with van der Waals surface area (Å²) in [5.74, 6) is -0.0781. The molecule has 0 saturated carbocycles. The van der Waals surface area contributed by atoms with Crippen molar-refractivity contribution in [2.45, 2.75) is 32.2 Å². The standard InChI is InChI=1S/C19H21N5O4/c1-3-19(4-2)17(26)24(18(27)23-19)12-15(25)22-13-6-5-7-14(10-13)28-16-11-20-8-9-21-16/h5-11H,3-4,12H2,1-2H3,(H,22,25)(H,23,27). The molecule has 2 aromatic rings. The second-order valence-corrected chi connectivity index (χ2v) is 6.33. The van der Waals surface area contributed by atoms with Crippen LogP contribution < -0.4 is 15.4 Å². The van der Waals surface area contributed by atoms with E-state index in [1.165, 1.54) is 18.6 Å². The van der Waals surface area contributed by atoms with E-state index in [1.54, 1.807) is 24.3 Å². The molecule has 4 amide bonds. The van der Waals surface area contributed by atoms with Crippen molar-refractivity contribution in [2.75, 3.05) is 11.9 Å². The second kappa shape index (κ2) is 8.03. The number of benzene rings is 1. The molecule has 1 aromatic heterocycles. The fourth-order valence-corrected chi connectivity index (χ4v) is 2.99. The molecule has 28 heavy (non-hydrogen) atoms. The fourth-order valence-electron chi connectivity index (χ4n) is 2.99. The smallest absolute Gasteiger partial charge is 0.325 e. The Morgan fingerprint density at radius 1 is 1.25 bits per heavy atom. The van der Waals surface area contributed by atoms with Gasteiger partial charge in [-0.25, -0.2) is 9.78 Å². The molecule has 146 valence electrons. The highest BCUT2D eigenvalue weighted by atomic mass is 16.5. The Labute approximate surface area is 162 Å². The van der Waals surface area contributed by atoms with Crippen LogP contribution in [-0.4, -0.2) is 44.8 Å². The molecule has 2 heterocycles. The van der Waals surface area contributed by atoms with Crippen molar-refractivity contribution < 1.29 is 19.1 Å². The normalized spacial score (nSPS) is 15.3. The molecule has 9 nitrogen and oxygen atoms in total. The first-order valence-electron chi connectivity index (χ1n) is 8.95. The van der Waals surface area contributed by atoms with E-state index in [-0.39, 0.29) is 12.5 Å². The molecule has 0 unspecified atom stereocenters. The van der Waals surface area contributed by atoms with Crippen LogP contribution in [-0.2, 0) is 9.59 Å². The summed E-state index contributed by atoms with van der Waals surface area (Å²) in [5.41, 5.74) is -0.460. The van der Waals surface area contributed by atoms with Crippen LogP contribution in [0.25, 0.3) is 0 Å². The van der Waals surface area contributed by atoms with Gasteiger partial charge in [0, 0.05) is 24.1 Å². The number of urea groups is 1. The Morgan fingerprint density at radius 2 is 2.04 bits per heavy atom. The van der Waals surface area contributed by atoms with Gasteiger partial charge in [0.05, 0.1) is 6.20 Å². The summed E-state index contributed by atoms with van der Waals surface area (Å²) >= 11 is 0. The lowest BCUT2D eigenvalue weighted by molar-refractivity contribution is -0.134. The van der Waals surface area contributed by atoms with Crippen molar-refractivity contribution in [3.05, 3.63) is 42.9 Å². The number of ether oxygens (including phenoxy) is 1. The summed E-state index contributed by atoms with van der Waals surface area (Å²) in [5, 5.41) is 5.37. The Hall–Kier alpha value is -3.49. The molecule has 1 aliphatic rings. The Bertz CT molecular complexity index is 883. The summed E-state index contributed by atoms with van der Waals surface area (Å²) in [7, 11) is 0. The third-order valence-corrected chi connectivity index (χ3v) is 4.63. The molecule has 0 bridgehead atoms. The zero-order valence-electron chi connectivity index (χ0n) is 15.6. The highest BCUT2D eigenvalue weighted by Crippen LogP contribution is 2.25. The fraction of sp³-hybridized carbons (Fsp3) is 0.316. The number of aromatic nitrogens is 2. The molecule has 1 saturated heterocycles. The SMILES string of the molecule is CCC1(CC)NC(=O)N(CC(=O)Nc2cccc(Oc3cnccn3)c2)C1=O. The maximum atomic E-state index is 12.6. The summed E-state index contributed by atoms with van der Waals surface area (Å²) in [4.78, 5) is 46.0. The van der Waals surface area contributed by atoms with Crippen molar-refractivity contribution in [1.29, 1.82) is 0 Å². The van der Waals surface area contributed by atoms with Crippen molar-refractivity contribution in [3.8, 4) is 11.6 Å². The molecule has 1 aromatic carbocycles. The number of rotatable bonds is 7. The van der Waals surface area contributed by atoms with E-state index >= 15 is 0 Å². The van der Waals surface area contributed by atoms with Gasteiger partial charge in [0.2, 0.25) is 11.8 Å². The minimum absolute atomic E-state index is 0.320. The number of hydrogen-bond donors (Lipinski definition) is 2. The highest BCUT2D eigenvalue weighted by Gasteiger charge is 2.49. The zero-order valence-corrected chi connectivity index (χ0v) is 15.6.